The first kappa shape index (κ1) is 14.7. The lowest BCUT2D eigenvalue weighted by atomic mass is 10.1. The zero-order valence-corrected chi connectivity index (χ0v) is 13.4. The number of ether oxygens (including phenoxy) is 2. The molecule has 3 heteroatoms. The van der Waals surface area contributed by atoms with Crippen LogP contribution in [0.2, 0.25) is 0 Å². The topological polar surface area (TPSA) is 18.5 Å². The largest absolute Gasteiger partial charge is 0.490 e. The molecule has 106 valence electrons. The predicted octanol–water partition coefficient (Wildman–Crippen LogP) is 5.11. The Morgan fingerprint density at radius 3 is 2.32 bits per heavy atom. The Balaban J connectivity index is 2.13. The molecule has 0 amide bonds. The summed E-state index contributed by atoms with van der Waals surface area (Å²) in [7, 11) is 0. The maximum atomic E-state index is 5.83. The van der Waals surface area contributed by atoms with Crippen LogP contribution in [0.1, 0.15) is 49.9 Å². The van der Waals surface area contributed by atoms with Crippen molar-refractivity contribution in [2.45, 2.75) is 44.4 Å². The summed E-state index contributed by atoms with van der Waals surface area (Å²) in [5.74, 6) is 2.55. The molecule has 0 saturated heterocycles. The van der Waals surface area contributed by atoms with Crippen molar-refractivity contribution < 1.29 is 9.47 Å². The molecule has 1 aromatic carbocycles. The van der Waals surface area contributed by atoms with Crippen molar-refractivity contribution >= 4 is 15.9 Å². The summed E-state index contributed by atoms with van der Waals surface area (Å²) in [6.07, 6.45) is 4.68. The van der Waals surface area contributed by atoms with Crippen molar-refractivity contribution in [1.29, 1.82) is 0 Å². The third kappa shape index (κ3) is 4.13. The van der Waals surface area contributed by atoms with Crippen LogP contribution in [-0.4, -0.2) is 13.2 Å². The normalized spacial score (nSPS) is 16.2. The number of benzene rings is 1. The van der Waals surface area contributed by atoms with E-state index in [2.05, 4.69) is 41.9 Å². The molecular weight excluding hydrogens is 304 g/mol. The van der Waals surface area contributed by atoms with Gasteiger partial charge in [0.2, 0.25) is 0 Å². The number of halogens is 1. The summed E-state index contributed by atoms with van der Waals surface area (Å²) in [4.78, 5) is 0.455. The molecule has 0 bridgehead atoms. The summed E-state index contributed by atoms with van der Waals surface area (Å²) in [6, 6.07) is 6.34. The zero-order chi connectivity index (χ0) is 13.7. The van der Waals surface area contributed by atoms with Gasteiger partial charge in [0.1, 0.15) is 0 Å². The predicted molar refractivity (Wildman–Crippen MR) is 82.4 cm³/mol. The van der Waals surface area contributed by atoms with Crippen molar-refractivity contribution in [1.82, 2.24) is 0 Å². The van der Waals surface area contributed by atoms with E-state index in [9.17, 15) is 0 Å². The highest BCUT2D eigenvalue weighted by Gasteiger charge is 2.30. The Kier molecular flexibility index (Phi) is 5.56. The third-order valence-corrected chi connectivity index (χ3v) is 4.52. The Morgan fingerprint density at radius 1 is 1.11 bits per heavy atom. The Hall–Kier alpha value is -0.700. The van der Waals surface area contributed by atoms with Crippen LogP contribution in [0.4, 0.5) is 0 Å². The summed E-state index contributed by atoms with van der Waals surface area (Å²) < 4.78 is 11.6. The Labute approximate surface area is 124 Å². The fourth-order valence-electron chi connectivity index (χ4n) is 2.01. The smallest absolute Gasteiger partial charge is 0.161 e. The lowest BCUT2D eigenvalue weighted by molar-refractivity contribution is 0.268. The van der Waals surface area contributed by atoms with Crippen molar-refractivity contribution in [3.8, 4) is 11.5 Å². The van der Waals surface area contributed by atoms with Gasteiger partial charge in [-0.15, -0.1) is 0 Å². The zero-order valence-electron chi connectivity index (χ0n) is 11.8. The van der Waals surface area contributed by atoms with Gasteiger partial charge in [-0.3, -0.25) is 0 Å². The average Bonchev–Trinajstić information content (AvgIpc) is 3.27. The van der Waals surface area contributed by atoms with Gasteiger partial charge in [-0.25, -0.2) is 0 Å². The minimum atomic E-state index is 0.455. The molecule has 0 heterocycles. The van der Waals surface area contributed by atoms with Gasteiger partial charge in [0.15, 0.2) is 11.5 Å². The van der Waals surface area contributed by atoms with Gasteiger partial charge in [-0.05, 0) is 49.3 Å². The van der Waals surface area contributed by atoms with E-state index in [-0.39, 0.29) is 0 Å². The quantitative estimate of drug-likeness (QED) is 0.618. The molecule has 1 saturated carbocycles. The van der Waals surface area contributed by atoms with Gasteiger partial charge >= 0.3 is 0 Å². The number of hydrogen-bond donors (Lipinski definition) is 0. The standard InChI is InChI=1S/C16H23BrO2/c1-3-9-18-14-8-7-13(16(17)12-5-6-12)11-15(14)19-10-4-2/h7-8,11-12,16H,3-6,9-10H2,1-2H3. The van der Waals surface area contributed by atoms with Crippen LogP contribution in [0.5, 0.6) is 11.5 Å². The van der Waals surface area contributed by atoms with E-state index >= 15 is 0 Å². The summed E-state index contributed by atoms with van der Waals surface area (Å²) >= 11 is 3.80. The molecule has 0 radical (unpaired) electrons. The van der Waals surface area contributed by atoms with Crippen molar-refractivity contribution in [2.24, 2.45) is 5.92 Å². The van der Waals surface area contributed by atoms with Crippen LogP contribution in [-0.2, 0) is 0 Å². The highest BCUT2D eigenvalue weighted by molar-refractivity contribution is 9.09. The second kappa shape index (κ2) is 7.18. The second-order valence-corrected chi connectivity index (χ2v) is 6.13. The van der Waals surface area contributed by atoms with Crippen LogP contribution in [0.3, 0.4) is 0 Å². The first-order valence-electron chi connectivity index (χ1n) is 7.29. The molecule has 1 fully saturated rings. The molecule has 0 aliphatic heterocycles. The molecule has 1 aromatic rings. The highest BCUT2D eigenvalue weighted by Crippen LogP contribution is 2.47. The second-order valence-electron chi connectivity index (χ2n) is 5.14. The Morgan fingerprint density at radius 2 is 1.74 bits per heavy atom. The lowest BCUT2D eigenvalue weighted by Crippen LogP contribution is -2.02. The van der Waals surface area contributed by atoms with Crippen molar-refractivity contribution in [3.05, 3.63) is 23.8 Å². The molecule has 2 rings (SSSR count). The van der Waals surface area contributed by atoms with Crippen molar-refractivity contribution in [3.63, 3.8) is 0 Å². The first-order chi connectivity index (χ1) is 9.26. The van der Waals surface area contributed by atoms with Crippen LogP contribution < -0.4 is 9.47 Å². The van der Waals surface area contributed by atoms with Crippen LogP contribution in [0, 0.1) is 5.92 Å². The van der Waals surface area contributed by atoms with E-state index in [1.807, 2.05) is 6.07 Å². The highest BCUT2D eigenvalue weighted by atomic mass is 79.9. The summed E-state index contributed by atoms with van der Waals surface area (Å²) in [5, 5.41) is 0. The molecule has 1 aliphatic carbocycles. The van der Waals surface area contributed by atoms with E-state index in [4.69, 9.17) is 9.47 Å². The lowest BCUT2D eigenvalue weighted by Gasteiger charge is -2.15. The molecule has 0 N–H and O–H groups in total. The third-order valence-electron chi connectivity index (χ3n) is 3.25. The Bertz CT molecular complexity index is 402. The molecular formula is C16H23BrO2. The summed E-state index contributed by atoms with van der Waals surface area (Å²) in [6.45, 7) is 5.71. The van der Waals surface area contributed by atoms with Gasteiger partial charge in [-0.2, -0.15) is 0 Å². The minimum absolute atomic E-state index is 0.455. The van der Waals surface area contributed by atoms with E-state index in [0.717, 1.165) is 43.5 Å². The molecule has 1 aliphatic rings. The molecule has 1 unspecified atom stereocenters. The van der Waals surface area contributed by atoms with Gasteiger partial charge in [0.25, 0.3) is 0 Å². The SMILES string of the molecule is CCCOc1ccc(C(Br)C2CC2)cc1OCCC. The van der Waals surface area contributed by atoms with E-state index in [1.165, 1.54) is 18.4 Å². The van der Waals surface area contributed by atoms with Crippen LogP contribution >= 0.6 is 15.9 Å². The van der Waals surface area contributed by atoms with E-state index in [0.29, 0.717) is 4.83 Å². The minimum Gasteiger partial charge on any atom is -0.490 e. The molecule has 1 atom stereocenters. The van der Waals surface area contributed by atoms with Gasteiger partial charge in [0, 0.05) is 4.83 Å². The van der Waals surface area contributed by atoms with Gasteiger partial charge in [-0.1, -0.05) is 35.8 Å². The van der Waals surface area contributed by atoms with Gasteiger partial charge < -0.3 is 9.47 Å². The van der Waals surface area contributed by atoms with E-state index in [1.54, 1.807) is 0 Å². The van der Waals surface area contributed by atoms with Gasteiger partial charge in [0.05, 0.1) is 13.2 Å². The van der Waals surface area contributed by atoms with Crippen LogP contribution in [0.15, 0.2) is 18.2 Å². The molecule has 0 spiro atoms. The maximum absolute atomic E-state index is 5.83. The van der Waals surface area contributed by atoms with E-state index < -0.39 is 0 Å². The fraction of sp³-hybridized carbons (Fsp3) is 0.625. The monoisotopic (exact) mass is 326 g/mol. The first-order valence-corrected chi connectivity index (χ1v) is 8.21. The number of hydrogen-bond acceptors (Lipinski definition) is 2. The molecule has 2 nitrogen and oxygen atoms in total. The fourth-order valence-corrected chi connectivity index (χ4v) is 2.83. The van der Waals surface area contributed by atoms with Crippen molar-refractivity contribution in [2.75, 3.05) is 13.2 Å². The number of rotatable bonds is 8. The number of alkyl halides is 1. The van der Waals surface area contributed by atoms with Crippen LogP contribution in [0.25, 0.3) is 0 Å². The maximum Gasteiger partial charge on any atom is 0.161 e. The molecule has 0 aromatic heterocycles. The summed E-state index contributed by atoms with van der Waals surface area (Å²) in [5.41, 5.74) is 1.30. The molecule has 19 heavy (non-hydrogen) atoms. The average molecular weight is 327 g/mol.